The van der Waals surface area contributed by atoms with Gasteiger partial charge in [0.05, 0.1) is 23.9 Å². The second-order valence-electron chi connectivity index (χ2n) is 4.40. The van der Waals surface area contributed by atoms with Crippen molar-refractivity contribution in [2.75, 3.05) is 11.9 Å². The van der Waals surface area contributed by atoms with E-state index in [9.17, 15) is 22.8 Å². The molecule has 0 bridgehead atoms. The number of benzene rings is 1. The van der Waals surface area contributed by atoms with Gasteiger partial charge in [-0.05, 0) is 24.6 Å². The number of aliphatic hydroxyl groups excluding tert-OH is 1. The Morgan fingerprint density at radius 3 is 2.45 bits per heavy atom. The van der Waals surface area contributed by atoms with Gasteiger partial charge in [-0.25, -0.2) is 0 Å². The Kier molecular flexibility index (Phi) is 6.19. The fraction of sp³-hybridized carbons (Fsp3) is 0.385. The van der Waals surface area contributed by atoms with Crippen molar-refractivity contribution in [2.45, 2.75) is 25.6 Å². The summed E-state index contributed by atoms with van der Waals surface area (Å²) in [5, 5.41) is 12.9. The van der Waals surface area contributed by atoms with Crippen molar-refractivity contribution < 1.29 is 27.9 Å². The third kappa shape index (κ3) is 4.88. The Labute approximate surface area is 129 Å². The van der Waals surface area contributed by atoms with Crippen molar-refractivity contribution in [1.82, 2.24) is 5.32 Å². The summed E-state index contributed by atoms with van der Waals surface area (Å²) in [6.45, 7) is 1.28. The molecule has 0 fully saturated rings. The first-order valence-corrected chi connectivity index (χ1v) is 6.66. The number of halogens is 4. The third-order valence-electron chi connectivity index (χ3n) is 2.79. The van der Waals surface area contributed by atoms with Crippen LogP contribution in [0.25, 0.3) is 0 Å². The molecule has 0 saturated heterocycles. The number of hydrogen-bond donors (Lipinski definition) is 3. The van der Waals surface area contributed by atoms with Gasteiger partial charge < -0.3 is 15.7 Å². The summed E-state index contributed by atoms with van der Waals surface area (Å²) in [5.74, 6) is -2.40. The molecule has 0 saturated carbocycles. The predicted molar refractivity (Wildman–Crippen MR) is 74.4 cm³/mol. The molecule has 1 rings (SSSR count). The smallest absolute Gasteiger partial charge is 0.394 e. The van der Waals surface area contributed by atoms with E-state index in [1.54, 1.807) is 6.92 Å². The van der Waals surface area contributed by atoms with E-state index >= 15 is 0 Å². The van der Waals surface area contributed by atoms with Crippen LogP contribution in [-0.4, -0.2) is 29.6 Å². The monoisotopic (exact) mass is 338 g/mol. The van der Waals surface area contributed by atoms with Crippen LogP contribution in [0, 0.1) is 0 Å². The molecule has 1 unspecified atom stereocenters. The van der Waals surface area contributed by atoms with Crippen LogP contribution in [0.15, 0.2) is 18.2 Å². The van der Waals surface area contributed by atoms with Crippen molar-refractivity contribution in [2.24, 2.45) is 0 Å². The Balaban J connectivity index is 2.91. The van der Waals surface area contributed by atoms with Gasteiger partial charge in [0.25, 0.3) is 0 Å². The lowest BCUT2D eigenvalue weighted by Crippen LogP contribution is -2.43. The molecule has 0 aliphatic heterocycles. The van der Waals surface area contributed by atoms with E-state index in [4.69, 9.17) is 16.7 Å². The van der Waals surface area contributed by atoms with Crippen LogP contribution in [-0.2, 0) is 15.8 Å². The summed E-state index contributed by atoms with van der Waals surface area (Å²) in [5.41, 5.74) is -1.73. The van der Waals surface area contributed by atoms with Crippen molar-refractivity contribution in [1.29, 1.82) is 0 Å². The maximum absolute atomic E-state index is 12.9. The number of nitrogens with one attached hydrogen (secondary N) is 2. The normalized spacial score (nSPS) is 12.6. The van der Waals surface area contributed by atoms with Crippen LogP contribution in [0.4, 0.5) is 18.9 Å². The topological polar surface area (TPSA) is 78.4 Å². The fourth-order valence-electron chi connectivity index (χ4n) is 1.57. The van der Waals surface area contributed by atoms with Gasteiger partial charge in [-0.3, -0.25) is 9.59 Å². The van der Waals surface area contributed by atoms with Crippen molar-refractivity contribution in [3.63, 3.8) is 0 Å². The summed E-state index contributed by atoms with van der Waals surface area (Å²) in [4.78, 5) is 23.2. The van der Waals surface area contributed by atoms with Crippen LogP contribution in [0.3, 0.4) is 0 Å². The van der Waals surface area contributed by atoms with Gasteiger partial charge in [-0.15, -0.1) is 0 Å². The largest absolute Gasteiger partial charge is 0.418 e. The molecule has 3 N–H and O–H groups in total. The first-order chi connectivity index (χ1) is 10.2. The molecule has 0 radical (unpaired) electrons. The average Bonchev–Trinajstić information content (AvgIpc) is 2.45. The molecular formula is C13H14ClF3N2O3. The lowest BCUT2D eigenvalue weighted by molar-refractivity contribution is -0.138. The second-order valence-corrected chi connectivity index (χ2v) is 4.84. The number of anilines is 1. The van der Waals surface area contributed by atoms with Crippen LogP contribution in [0.1, 0.15) is 18.9 Å². The van der Waals surface area contributed by atoms with Gasteiger partial charge in [0.1, 0.15) is 0 Å². The van der Waals surface area contributed by atoms with Gasteiger partial charge in [-0.2, -0.15) is 13.2 Å². The quantitative estimate of drug-likeness (QED) is 0.736. The average molecular weight is 339 g/mol. The van der Waals surface area contributed by atoms with Gasteiger partial charge >= 0.3 is 18.0 Å². The Morgan fingerprint density at radius 2 is 1.95 bits per heavy atom. The van der Waals surface area contributed by atoms with Crippen molar-refractivity contribution in [3.8, 4) is 0 Å². The molecular weight excluding hydrogens is 325 g/mol. The van der Waals surface area contributed by atoms with Gasteiger partial charge in [-0.1, -0.05) is 18.5 Å². The first-order valence-electron chi connectivity index (χ1n) is 6.28. The molecule has 2 amide bonds. The standard InChI is InChI=1S/C13H14ClF3N2O3/c1-2-8(6-20)18-11(21)12(22)19-10-4-3-7(14)5-9(10)13(15,16)17/h3-5,8,20H,2,6H2,1H3,(H,18,21)(H,19,22). The molecule has 1 atom stereocenters. The van der Waals surface area contributed by atoms with E-state index in [0.717, 1.165) is 12.1 Å². The number of carbonyl (C=O) groups is 2. The first kappa shape index (κ1) is 18.2. The Bertz CT molecular complexity index is 560. The van der Waals surface area contributed by atoms with E-state index < -0.39 is 35.3 Å². The summed E-state index contributed by atoms with van der Waals surface area (Å²) in [6.07, 6.45) is -4.37. The molecule has 0 aliphatic rings. The van der Waals surface area contributed by atoms with E-state index in [1.165, 1.54) is 0 Å². The molecule has 9 heteroatoms. The number of carbonyl (C=O) groups excluding carboxylic acids is 2. The summed E-state index contributed by atoms with van der Waals surface area (Å²) in [6, 6.07) is 2.12. The summed E-state index contributed by atoms with van der Waals surface area (Å²) in [7, 11) is 0. The molecule has 122 valence electrons. The molecule has 0 heterocycles. The van der Waals surface area contributed by atoms with Crippen LogP contribution in [0.5, 0.6) is 0 Å². The minimum Gasteiger partial charge on any atom is -0.394 e. The number of amides is 2. The van der Waals surface area contributed by atoms with Crippen molar-refractivity contribution >= 4 is 29.1 Å². The highest BCUT2D eigenvalue weighted by atomic mass is 35.5. The fourth-order valence-corrected chi connectivity index (χ4v) is 1.74. The van der Waals surface area contributed by atoms with Gasteiger partial charge in [0.15, 0.2) is 0 Å². The van der Waals surface area contributed by atoms with Crippen LogP contribution < -0.4 is 10.6 Å². The Hall–Kier alpha value is -1.80. The maximum atomic E-state index is 12.9. The van der Waals surface area contributed by atoms with E-state index in [0.29, 0.717) is 12.5 Å². The molecule has 0 spiro atoms. The molecule has 5 nitrogen and oxygen atoms in total. The zero-order valence-electron chi connectivity index (χ0n) is 11.5. The Morgan fingerprint density at radius 1 is 1.32 bits per heavy atom. The highest BCUT2D eigenvalue weighted by Gasteiger charge is 2.34. The number of alkyl halides is 3. The van der Waals surface area contributed by atoms with Gasteiger partial charge in [0.2, 0.25) is 0 Å². The minimum atomic E-state index is -4.74. The zero-order chi connectivity index (χ0) is 16.9. The molecule has 0 aromatic heterocycles. The highest BCUT2D eigenvalue weighted by molar-refractivity contribution is 6.39. The van der Waals surface area contributed by atoms with Crippen LogP contribution in [0.2, 0.25) is 5.02 Å². The molecule has 1 aromatic carbocycles. The van der Waals surface area contributed by atoms with E-state index in [1.807, 2.05) is 5.32 Å². The van der Waals surface area contributed by atoms with E-state index in [2.05, 4.69) is 5.32 Å². The molecule has 0 aliphatic carbocycles. The molecule has 22 heavy (non-hydrogen) atoms. The zero-order valence-corrected chi connectivity index (χ0v) is 12.3. The number of hydrogen-bond acceptors (Lipinski definition) is 3. The van der Waals surface area contributed by atoms with Crippen molar-refractivity contribution in [3.05, 3.63) is 28.8 Å². The highest BCUT2D eigenvalue weighted by Crippen LogP contribution is 2.36. The number of aliphatic hydroxyl groups is 1. The van der Waals surface area contributed by atoms with Crippen LogP contribution >= 0.6 is 11.6 Å². The minimum absolute atomic E-state index is 0.152. The lowest BCUT2D eigenvalue weighted by Gasteiger charge is -2.16. The summed E-state index contributed by atoms with van der Waals surface area (Å²) >= 11 is 5.51. The maximum Gasteiger partial charge on any atom is 0.418 e. The van der Waals surface area contributed by atoms with Gasteiger partial charge in [0, 0.05) is 5.02 Å². The second kappa shape index (κ2) is 7.46. The third-order valence-corrected chi connectivity index (χ3v) is 3.02. The SMILES string of the molecule is CCC(CO)NC(=O)C(=O)Nc1ccc(Cl)cc1C(F)(F)F. The lowest BCUT2D eigenvalue weighted by atomic mass is 10.1. The number of rotatable bonds is 4. The predicted octanol–water partition coefficient (Wildman–Crippen LogP) is 2.18. The molecule has 1 aromatic rings. The van der Waals surface area contributed by atoms with E-state index in [-0.39, 0.29) is 11.6 Å². The summed E-state index contributed by atoms with van der Waals surface area (Å²) < 4.78 is 38.6.